The molecule has 1 N–H and O–H groups in total. The molecule has 3 aliphatic rings. The number of allylic oxidation sites excluding steroid dienone is 2. The monoisotopic (exact) mass is 334 g/mol. The number of nitrogens with zero attached hydrogens (tertiary/aromatic N) is 4. The van der Waals surface area contributed by atoms with E-state index in [4.69, 9.17) is 12.2 Å². The smallest absolute Gasteiger partial charge is 0.199 e. The molecule has 1 aromatic rings. The van der Waals surface area contributed by atoms with Gasteiger partial charge in [0.25, 0.3) is 0 Å². The Bertz CT molecular complexity index is 660. The molecular formula is C17H26N4OS. The summed E-state index contributed by atoms with van der Waals surface area (Å²) in [6, 6.07) is 0.467. The van der Waals surface area contributed by atoms with Crippen LogP contribution in [0.4, 0.5) is 0 Å². The first kappa shape index (κ1) is 15.5. The van der Waals surface area contributed by atoms with Gasteiger partial charge in [-0.3, -0.25) is 9.47 Å². The highest BCUT2D eigenvalue weighted by Gasteiger charge is 2.35. The van der Waals surface area contributed by atoms with E-state index >= 15 is 0 Å². The van der Waals surface area contributed by atoms with Gasteiger partial charge in [-0.1, -0.05) is 12.2 Å². The highest BCUT2D eigenvalue weighted by Crippen LogP contribution is 2.41. The molecule has 5 nitrogen and oxygen atoms in total. The van der Waals surface area contributed by atoms with E-state index in [0.29, 0.717) is 11.5 Å². The second-order valence-corrected chi connectivity index (χ2v) is 7.83. The molecule has 1 saturated heterocycles. The number of hydrogen-bond donors (Lipinski definition) is 1. The fraction of sp³-hybridized carbons (Fsp3) is 0.765. The number of likely N-dealkylation sites (tertiary alicyclic amines) is 1. The molecule has 0 bridgehead atoms. The Labute approximate surface area is 142 Å². The van der Waals surface area contributed by atoms with Crippen molar-refractivity contribution in [2.75, 3.05) is 13.1 Å². The fourth-order valence-corrected chi connectivity index (χ4v) is 4.65. The summed E-state index contributed by atoms with van der Waals surface area (Å²) in [5.41, 5.74) is 0.466. The average molecular weight is 334 g/mol. The summed E-state index contributed by atoms with van der Waals surface area (Å²) in [6.07, 6.45) is 13.4. The fourth-order valence-electron chi connectivity index (χ4n) is 4.30. The number of aliphatic hydroxyl groups is 1. The lowest BCUT2D eigenvalue weighted by atomic mass is 9.71. The van der Waals surface area contributed by atoms with Crippen LogP contribution in [0.25, 0.3) is 0 Å². The van der Waals surface area contributed by atoms with Gasteiger partial charge in [-0.15, -0.1) is 0 Å². The number of rotatable bonds is 4. The van der Waals surface area contributed by atoms with Gasteiger partial charge >= 0.3 is 0 Å². The first-order valence-electron chi connectivity index (χ1n) is 8.87. The normalized spacial score (nSPS) is 28.6. The molecule has 1 unspecified atom stereocenters. The van der Waals surface area contributed by atoms with Crippen molar-refractivity contribution in [1.82, 2.24) is 19.2 Å². The third kappa shape index (κ3) is 3.04. The van der Waals surface area contributed by atoms with E-state index in [9.17, 15) is 5.11 Å². The van der Waals surface area contributed by atoms with Crippen molar-refractivity contribution < 1.29 is 5.11 Å². The van der Waals surface area contributed by atoms with Crippen LogP contribution < -0.4 is 0 Å². The van der Waals surface area contributed by atoms with Crippen LogP contribution in [0.2, 0.25) is 0 Å². The van der Waals surface area contributed by atoms with E-state index in [1.807, 2.05) is 4.68 Å². The molecular weight excluding hydrogens is 308 g/mol. The van der Waals surface area contributed by atoms with E-state index in [1.54, 1.807) is 0 Å². The predicted molar refractivity (Wildman–Crippen MR) is 91.5 cm³/mol. The minimum atomic E-state index is -0.0259. The Hall–Kier alpha value is -0.980. The Balaban J connectivity index is 1.51. The molecule has 1 aliphatic heterocycles. The van der Waals surface area contributed by atoms with Crippen molar-refractivity contribution in [3.63, 3.8) is 0 Å². The molecule has 1 saturated carbocycles. The minimum absolute atomic E-state index is 0.0259. The zero-order valence-electron chi connectivity index (χ0n) is 13.7. The maximum absolute atomic E-state index is 9.57. The third-order valence-corrected chi connectivity index (χ3v) is 6.04. The van der Waals surface area contributed by atoms with Gasteiger partial charge in [-0.25, -0.2) is 4.68 Å². The topological polar surface area (TPSA) is 46.2 Å². The lowest BCUT2D eigenvalue weighted by Gasteiger charge is -2.43. The maximum Gasteiger partial charge on any atom is 0.199 e. The summed E-state index contributed by atoms with van der Waals surface area (Å²) in [4.78, 5) is 2.50. The van der Waals surface area contributed by atoms with Crippen molar-refractivity contribution >= 4 is 12.2 Å². The molecule has 1 spiro atoms. The highest BCUT2D eigenvalue weighted by atomic mass is 32.1. The van der Waals surface area contributed by atoms with Crippen LogP contribution in [-0.2, 0) is 13.3 Å². The molecule has 2 fully saturated rings. The van der Waals surface area contributed by atoms with Crippen LogP contribution >= 0.6 is 12.2 Å². The van der Waals surface area contributed by atoms with E-state index in [2.05, 4.69) is 26.7 Å². The second kappa shape index (κ2) is 6.15. The molecule has 126 valence electrons. The molecule has 2 aliphatic carbocycles. The van der Waals surface area contributed by atoms with E-state index in [1.165, 1.54) is 32.1 Å². The molecule has 0 amide bonds. The number of piperidine rings is 1. The zero-order chi connectivity index (χ0) is 15.9. The molecule has 1 atom stereocenters. The first-order valence-corrected chi connectivity index (χ1v) is 9.28. The summed E-state index contributed by atoms with van der Waals surface area (Å²) in [6.45, 7) is 3.00. The van der Waals surface area contributed by atoms with Gasteiger partial charge in [-0.2, -0.15) is 5.10 Å². The van der Waals surface area contributed by atoms with Crippen LogP contribution in [0, 0.1) is 10.2 Å². The zero-order valence-corrected chi connectivity index (χ0v) is 14.5. The lowest BCUT2D eigenvalue weighted by Crippen LogP contribution is -2.44. The second-order valence-electron chi connectivity index (χ2n) is 7.47. The van der Waals surface area contributed by atoms with Crippen molar-refractivity contribution in [3.8, 4) is 0 Å². The summed E-state index contributed by atoms with van der Waals surface area (Å²) >= 11 is 5.63. The minimum Gasteiger partial charge on any atom is -0.388 e. The van der Waals surface area contributed by atoms with Crippen LogP contribution in [-0.4, -0.2) is 37.4 Å². The van der Waals surface area contributed by atoms with Gasteiger partial charge in [0, 0.05) is 12.6 Å². The Morgan fingerprint density at radius 3 is 2.87 bits per heavy atom. The number of aromatic nitrogens is 3. The average Bonchev–Trinajstić information content (AvgIpc) is 3.34. The van der Waals surface area contributed by atoms with Gasteiger partial charge in [-0.05, 0) is 69.1 Å². The molecule has 6 heteroatoms. The SMILES string of the molecule is OCc1nn(CN2CCCC3(CC=CCC3)C2)c(=S)n1C1CC1. The first-order chi connectivity index (χ1) is 11.2. The van der Waals surface area contributed by atoms with Gasteiger partial charge in [0.05, 0.1) is 6.67 Å². The lowest BCUT2D eigenvalue weighted by molar-refractivity contribution is 0.0538. The molecule has 2 heterocycles. The van der Waals surface area contributed by atoms with Gasteiger partial charge in [0.2, 0.25) is 0 Å². The Morgan fingerprint density at radius 1 is 1.30 bits per heavy atom. The van der Waals surface area contributed by atoms with Crippen molar-refractivity contribution in [1.29, 1.82) is 0 Å². The van der Waals surface area contributed by atoms with E-state index in [-0.39, 0.29) is 6.61 Å². The van der Waals surface area contributed by atoms with Crippen molar-refractivity contribution in [2.24, 2.45) is 5.41 Å². The van der Waals surface area contributed by atoms with Crippen molar-refractivity contribution in [2.45, 2.75) is 64.3 Å². The van der Waals surface area contributed by atoms with Gasteiger partial charge in [0.15, 0.2) is 10.6 Å². The summed E-state index contributed by atoms with van der Waals surface area (Å²) in [5.74, 6) is 0.727. The van der Waals surface area contributed by atoms with Crippen LogP contribution in [0.5, 0.6) is 0 Å². The molecule has 23 heavy (non-hydrogen) atoms. The predicted octanol–water partition coefficient (Wildman–Crippen LogP) is 3.02. The summed E-state index contributed by atoms with van der Waals surface area (Å²) < 4.78 is 4.77. The standard InChI is InChI=1S/C17H26N4OS/c22-11-15-18-20(16(23)21(15)14-5-6-14)13-19-10-4-9-17(12-19)7-2-1-3-8-17/h1-2,14,22H,3-13H2. The van der Waals surface area contributed by atoms with E-state index in [0.717, 1.165) is 43.2 Å². The largest absolute Gasteiger partial charge is 0.388 e. The number of aliphatic hydroxyl groups excluding tert-OH is 1. The molecule has 0 radical (unpaired) electrons. The Morgan fingerprint density at radius 2 is 2.17 bits per heavy atom. The highest BCUT2D eigenvalue weighted by molar-refractivity contribution is 7.71. The molecule has 1 aromatic heterocycles. The Kier molecular flexibility index (Phi) is 4.15. The van der Waals surface area contributed by atoms with Crippen molar-refractivity contribution in [3.05, 3.63) is 22.7 Å². The summed E-state index contributed by atoms with van der Waals surface area (Å²) in [7, 11) is 0. The van der Waals surface area contributed by atoms with E-state index < -0.39 is 0 Å². The van der Waals surface area contributed by atoms with Crippen LogP contribution in [0.3, 0.4) is 0 Å². The number of hydrogen-bond acceptors (Lipinski definition) is 4. The van der Waals surface area contributed by atoms with Gasteiger partial charge < -0.3 is 5.11 Å². The van der Waals surface area contributed by atoms with Crippen LogP contribution in [0.1, 0.15) is 56.8 Å². The quantitative estimate of drug-likeness (QED) is 0.679. The van der Waals surface area contributed by atoms with Gasteiger partial charge in [0.1, 0.15) is 6.61 Å². The maximum atomic E-state index is 9.57. The third-order valence-electron chi connectivity index (χ3n) is 5.63. The summed E-state index contributed by atoms with van der Waals surface area (Å²) in [5, 5.41) is 14.2. The molecule has 0 aromatic carbocycles. The molecule has 4 rings (SSSR count). The van der Waals surface area contributed by atoms with Crippen LogP contribution in [0.15, 0.2) is 12.2 Å².